The smallest absolute Gasteiger partial charge is 0.225 e. The molecule has 2 aliphatic rings. The number of carbonyl (C=O) groups excluding carboxylic acids is 1. The third kappa shape index (κ3) is 3.19. The SMILES string of the molecule is CC(C(=O)N1CCN(C)C(c2ccccc2)C1)C1CCCC1. The third-order valence-electron chi connectivity index (χ3n) is 5.64. The Morgan fingerprint density at radius 3 is 2.50 bits per heavy atom. The molecule has 1 aliphatic heterocycles. The number of piperazine rings is 1. The molecule has 1 aromatic rings. The van der Waals surface area contributed by atoms with Gasteiger partial charge in [0, 0.05) is 25.6 Å². The van der Waals surface area contributed by atoms with E-state index in [0.29, 0.717) is 17.9 Å². The number of nitrogens with zero attached hydrogens (tertiary/aromatic N) is 2. The number of amides is 1. The van der Waals surface area contributed by atoms with Crippen LogP contribution in [0.25, 0.3) is 0 Å². The van der Waals surface area contributed by atoms with Gasteiger partial charge in [-0.2, -0.15) is 0 Å². The van der Waals surface area contributed by atoms with E-state index < -0.39 is 0 Å². The lowest BCUT2D eigenvalue weighted by Crippen LogP contribution is -2.51. The summed E-state index contributed by atoms with van der Waals surface area (Å²) in [6.45, 7) is 4.81. The summed E-state index contributed by atoms with van der Waals surface area (Å²) in [6.07, 6.45) is 5.08. The molecule has 0 N–H and O–H groups in total. The molecule has 1 saturated heterocycles. The van der Waals surface area contributed by atoms with Crippen molar-refractivity contribution in [2.75, 3.05) is 26.7 Å². The van der Waals surface area contributed by atoms with Gasteiger partial charge in [0.05, 0.1) is 6.04 Å². The highest BCUT2D eigenvalue weighted by Crippen LogP contribution is 2.33. The molecule has 1 aliphatic carbocycles. The van der Waals surface area contributed by atoms with Crippen LogP contribution < -0.4 is 0 Å². The van der Waals surface area contributed by atoms with Crippen molar-refractivity contribution in [2.24, 2.45) is 11.8 Å². The molecule has 22 heavy (non-hydrogen) atoms. The van der Waals surface area contributed by atoms with Gasteiger partial charge in [0.25, 0.3) is 0 Å². The largest absolute Gasteiger partial charge is 0.339 e. The Labute approximate surface area is 134 Å². The lowest BCUT2D eigenvalue weighted by molar-refractivity contribution is -0.139. The highest BCUT2D eigenvalue weighted by atomic mass is 16.2. The second-order valence-electron chi connectivity index (χ2n) is 7.02. The number of carbonyl (C=O) groups is 1. The van der Waals surface area contributed by atoms with Gasteiger partial charge in [0.15, 0.2) is 0 Å². The van der Waals surface area contributed by atoms with Crippen molar-refractivity contribution in [1.82, 2.24) is 9.80 Å². The van der Waals surface area contributed by atoms with Crippen molar-refractivity contribution in [3.05, 3.63) is 35.9 Å². The Bertz CT molecular complexity index is 495. The van der Waals surface area contributed by atoms with Gasteiger partial charge in [-0.15, -0.1) is 0 Å². The fourth-order valence-electron chi connectivity index (χ4n) is 4.06. The lowest BCUT2D eigenvalue weighted by atomic mass is 9.90. The molecule has 0 spiro atoms. The molecule has 0 radical (unpaired) electrons. The Hall–Kier alpha value is -1.35. The van der Waals surface area contributed by atoms with Crippen molar-refractivity contribution >= 4 is 5.91 Å². The summed E-state index contributed by atoms with van der Waals surface area (Å²) in [5, 5.41) is 0. The Kier molecular flexibility index (Phi) is 4.82. The summed E-state index contributed by atoms with van der Waals surface area (Å²) in [4.78, 5) is 17.4. The maximum absolute atomic E-state index is 12.9. The molecular formula is C19H28N2O. The van der Waals surface area contributed by atoms with Gasteiger partial charge in [-0.05, 0) is 31.4 Å². The van der Waals surface area contributed by atoms with E-state index in [9.17, 15) is 4.79 Å². The van der Waals surface area contributed by atoms with E-state index in [1.165, 1.54) is 31.2 Å². The average Bonchev–Trinajstić information content (AvgIpc) is 3.09. The molecule has 1 heterocycles. The molecule has 1 saturated carbocycles. The van der Waals surface area contributed by atoms with Crippen molar-refractivity contribution in [3.63, 3.8) is 0 Å². The van der Waals surface area contributed by atoms with Gasteiger partial charge < -0.3 is 4.90 Å². The molecular weight excluding hydrogens is 272 g/mol. The molecule has 1 aromatic carbocycles. The fraction of sp³-hybridized carbons (Fsp3) is 0.632. The molecule has 120 valence electrons. The Morgan fingerprint density at radius 2 is 1.82 bits per heavy atom. The van der Waals surface area contributed by atoms with E-state index in [-0.39, 0.29) is 5.92 Å². The number of rotatable bonds is 3. The summed E-state index contributed by atoms with van der Waals surface area (Å²) in [5.41, 5.74) is 1.32. The standard InChI is InChI=1S/C19H28N2O/c1-15(16-8-6-7-9-16)19(22)21-13-12-20(2)18(14-21)17-10-4-3-5-11-17/h3-5,10-11,15-16,18H,6-9,12-14H2,1-2H3. The summed E-state index contributed by atoms with van der Waals surface area (Å²) < 4.78 is 0. The minimum atomic E-state index is 0.197. The van der Waals surface area contributed by atoms with Gasteiger partial charge in [-0.3, -0.25) is 9.69 Å². The van der Waals surface area contributed by atoms with Crippen LogP contribution in [-0.4, -0.2) is 42.4 Å². The first kappa shape index (κ1) is 15.5. The van der Waals surface area contributed by atoms with E-state index in [1.807, 2.05) is 0 Å². The summed E-state index contributed by atoms with van der Waals surface area (Å²) in [7, 11) is 2.17. The first-order valence-corrected chi connectivity index (χ1v) is 8.71. The maximum Gasteiger partial charge on any atom is 0.225 e. The molecule has 3 heteroatoms. The van der Waals surface area contributed by atoms with Gasteiger partial charge in [-0.25, -0.2) is 0 Å². The van der Waals surface area contributed by atoms with Gasteiger partial charge in [0.2, 0.25) is 5.91 Å². The zero-order chi connectivity index (χ0) is 15.5. The normalized spacial score (nSPS) is 25.4. The molecule has 0 bridgehead atoms. The first-order chi connectivity index (χ1) is 10.7. The second kappa shape index (κ2) is 6.82. The third-order valence-corrected chi connectivity index (χ3v) is 5.64. The highest BCUT2D eigenvalue weighted by molar-refractivity contribution is 5.79. The number of hydrogen-bond acceptors (Lipinski definition) is 2. The number of hydrogen-bond donors (Lipinski definition) is 0. The molecule has 2 unspecified atom stereocenters. The topological polar surface area (TPSA) is 23.6 Å². The van der Waals surface area contributed by atoms with Crippen LogP contribution in [0.1, 0.15) is 44.2 Å². The quantitative estimate of drug-likeness (QED) is 0.855. The van der Waals surface area contributed by atoms with E-state index >= 15 is 0 Å². The van der Waals surface area contributed by atoms with Crippen molar-refractivity contribution in [2.45, 2.75) is 38.6 Å². The van der Waals surface area contributed by atoms with Crippen LogP contribution in [0.4, 0.5) is 0 Å². The first-order valence-electron chi connectivity index (χ1n) is 8.71. The molecule has 3 rings (SSSR count). The fourth-order valence-corrected chi connectivity index (χ4v) is 4.06. The average molecular weight is 300 g/mol. The predicted octanol–water partition coefficient (Wildman–Crippen LogP) is 3.33. The van der Waals surface area contributed by atoms with Crippen molar-refractivity contribution in [1.29, 1.82) is 0 Å². The van der Waals surface area contributed by atoms with E-state index in [2.05, 4.69) is 54.1 Å². The Morgan fingerprint density at radius 1 is 1.14 bits per heavy atom. The molecule has 2 fully saturated rings. The zero-order valence-corrected chi connectivity index (χ0v) is 13.9. The molecule has 3 nitrogen and oxygen atoms in total. The van der Waals surface area contributed by atoms with Crippen LogP contribution >= 0.6 is 0 Å². The summed E-state index contributed by atoms with van der Waals surface area (Å²) in [6, 6.07) is 10.9. The second-order valence-corrected chi connectivity index (χ2v) is 7.02. The van der Waals surface area contributed by atoms with E-state index in [1.54, 1.807) is 0 Å². The predicted molar refractivity (Wildman–Crippen MR) is 89.5 cm³/mol. The maximum atomic E-state index is 12.9. The number of likely N-dealkylation sites (N-methyl/N-ethyl adjacent to an activating group) is 1. The van der Waals surface area contributed by atoms with Crippen LogP contribution in [0.15, 0.2) is 30.3 Å². The van der Waals surface area contributed by atoms with E-state index in [4.69, 9.17) is 0 Å². The summed E-state index contributed by atoms with van der Waals surface area (Å²) >= 11 is 0. The van der Waals surface area contributed by atoms with Gasteiger partial charge in [0.1, 0.15) is 0 Å². The lowest BCUT2D eigenvalue weighted by Gasteiger charge is -2.41. The van der Waals surface area contributed by atoms with Crippen LogP contribution in [0.3, 0.4) is 0 Å². The van der Waals surface area contributed by atoms with Crippen molar-refractivity contribution in [3.8, 4) is 0 Å². The minimum Gasteiger partial charge on any atom is -0.339 e. The highest BCUT2D eigenvalue weighted by Gasteiger charge is 2.34. The van der Waals surface area contributed by atoms with Crippen LogP contribution in [0, 0.1) is 11.8 Å². The molecule has 2 atom stereocenters. The minimum absolute atomic E-state index is 0.197. The molecule has 1 amide bonds. The van der Waals surface area contributed by atoms with Crippen LogP contribution in [0.2, 0.25) is 0 Å². The zero-order valence-electron chi connectivity index (χ0n) is 13.9. The van der Waals surface area contributed by atoms with Gasteiger partial charge in [-0.1, -0.05) is 50.1 Å². The van der Waals surface area contributed by atoms with Crippen molar-refractivity contribution < 1.29 is 4.79 Å². The van der Waals surface area contributed by atoms with Gasteiger partial charge >= 0.3 is 0 Å². The monoisotopic (exact) mass is 300 g/mol. The van der Waals surface area contributed by atoms with Crippen LogP contribution in [-0.2, 0) is 4.79 Å². The van der Waals surface area contributed by atoms with Crippen LogP contribution in [0.5, 0.6) is 0 Å². The van der Waals surface area contributed by atoms with E-state index in [0.717, 1.165) is 19.6 Å². The summed E-state index contributed by atoms with van der Waals surface area (Å²) in [5.74, 6) is 1.19. The number of benzene rings is 1. The molecule has 0 aromatic heterocycles. The Balaban J connectivity index is 1.68.